The summed E-state index contributed by atoms with van der Waals surface area (Å²) in [5, 5.41) is 8.71. The minimum Gasteiger partial charge on any atom is -0.478 e. The van der Waals surface area contributed by atoms with Crippen LogP contribution in [0.5, 0.6) is 0 Å². The number of halogens is 1. The molecule has 0 aromatic heterocycles. The summed E-state index contributed by atoms with van der Waals surface area (Å²) < 4.78 is 13.5. The summed E-state index contributed by atoms with van der Waals surface area (Å²) in [7, 11) is 0. The van der Waals surface area contributed by atoms with Crippen molar-refractivity contribution in [2.45, 2.75) is 25.7 Å². The molecule has 0 saturated heterocycles. The van der Waals surface area contributed by atoms with Gasteiger partial charge in [0.2, 0.25) is 0 Å². The number of fused-ring (bicyclic) bond motifs is 1. The first-order valence-corrected chi connectivity index (χ1v) is 4.48. The molecule has 0 spiro atoms. The maximum Gasteiger partial charge on any atom is 0.335 e. The first kappa shape index (κ1) is 9.19. The zero-order chi connectivity index (χ0) is 10.5. The Balaban J connectivity index is 2.56. The van der Waals surface area contributed by atoms with Gasteiger partial charge < -0.3 is 5.11 Å². The summed E-state index contributed by atoms with van der Waals surface area (Å²) in [6.07, 6.45) is 0.750. The van der Waals surface area contributed by atoms with Gasteiger partial charge in [0.1, 0.15) is 5.82 Å². The van der Waals surface area contributed by atoms with E-state index in [0.29, 0.717) is 5.56 Å². The first-order valence-electron chi connectivity index (χ1n) is 4.48. The molecule has 74 valence electrons. The van der Waals surface area contributed by atoms with Crippen molar-refractivity contribution in [3.8, 4) is 0 Å². The molecular weight excluding hydrogens is 183 g/mol. The summed E-state index contributed by atoms with van der Waals surface area (Å²) in [4.78, 5) is 10.6. The smallest absolute Gasteiger partial charge is 0.335 e. The van der Waals surface area contributed by atoms with Gasteiger partial charge in [0.25, 0.3) is 0 Å². The van der Waals surface area contributed by atoms with Crippen molar-refractivity contribution >= 4 is 5.97 Å². The molecule has 3 heteroatoms. The van der Waals surface area contributed by atoms with Gasteiger partial charge in [0.05, 0.1) is 5.56 Å². The maximum absolute atomic E-state index is 13.5. The largest absolute Gasteiger partial charge is 0.478 e. The summed E-state index contributed by atoms with van der Waals surface area (Å²) in [5.41, 5.74) is 1.39. The van der Waals surface area contributed by atoms with Gasteiger partial charge in [-0.3, -0.25) is 0 Å². The number of carboxylic acids is 1. The molecule has 0 fully saturated rings. The second-order valence-electron chi connectivity index (χ2n) is 4.36. The van der Waals surface area contributed by atoms with E-state index in [0.717, 1.165) is 18.1 Å². The molecule has 1 aliphatic rings. The van der Waals surface area contributed by atoms with Crippen molar-refractivity contribution in [1.82, 2.24) is 0 Å². The van der Waals surface area contributed by atoms with E-state index < -0.39 is 11.8 Å². The Labute approximate surface area is 81.4 Å². The van der Waals surface area contributed by atoms with Gasteiger partial charge in [-0.2, -0.15) is 0 Å². The van der Waals surface area contributed by atoms with Crippen molar-refractivity contribution in [2.75, 3.05) is 0 Å². The van der Waals surface area contributed by atoms with Crippen LogP contribution < -0.4 is 0 Å². The second-order valence-corrected chi connectivity index (χ2v) is 4.36. The molecule has 0 atom stereocenters. The molecule has 0 radical (unpaired) electrons. The number of hydrogen-bond donors (Lipinski definition) is 1. The minimum atomic E-state index is -1.07. The van der Waals surface area contributed by atoms with Crippen LogP contribution >= 0.6 is 0 Å². The Morgan fingerprint density at radius 3 is 2.57 bits per heavy atom. The number of carboxylic acid groups (broad SMARTS) is 1. The topological polar surface area (TPSA) is 37.3 Å². The summed E-state index contributed by atoms with van der Waals surface area (Å²) in [5.74, 6) is -1.47. The van der Waals surface area contributed by atoms with E-state index in [1.807, 2.05) is 13.8 Å². The van der Waals surface area contributed by atoms with Crippen LogP contribution in [0.1, 0.15) is 35.3 Å². The van der Waals surface area contributed by atoms with E-state index >= 15 is 0 Å². The molecule has 0 amide bonds. The lowest BCUT2D eigenvalue weighted by atomic mass is 9.66. The van der Waals surface area contributed by atoms with Crippen LogP contribution in [-0.2, 0) is 11.8 Å². The van der Waals surface area contributed by atoms with Crippen LogP contribution in [-0.4, -0.2) is 11.1 Å². The van der Waals surface area contributed by atoms with Crippen molar-refractivity contribution < 1.29 is 14.3 Å². The zero-order valence-corrected chi connectivity index (χ0v) is 8.10. The van der Waals surface area contributed by atoms with Crippen molar-refractivity contribution in [3.63, 3.8) is 0 Å². The van der Waals surface area contributed by atoms with Crippen LogP contribution in [0.4, 0.5) is 4.39 Å². The van der Waals surface area contributed by atoms with Crippen LogP contribution in [0, 0.1) is 5.82 Å². The van der Waals surface area contributed by atoms with Crippen LogP contribution in [0.2, 0.25) is 0 Å². The normalized spacial score (nSPS) is 17.1. The highest BCUT2D eigenvalue weighted by atomic mass is 19.1. The maximum atomic E-state index is 13.5. The third-order valence-electron chi connectivity index (χ3n) is 2.73. The quantitative estimate of drug-likeness (QED) is 0.745. The van der Waals surface area contributed by atoms with Crippen molar-refractivity contribution in [2.24, 2.45) is 0 Å². The molecule has 0 aliphatic heterocycles. The van der Waals surface area contributed by atoms with Crippen LogP contribution in [0.25, 0.3) is 0 Å². The molecule has 0 saturated carbocycles. The van der Waals surface area contributed by atoms with Gasteiger partial charge in [0, 0.05) is 0 Å². The van der Waals surface area contributed by atoms with Crippen LogP contribution in [0.3, 0.4) is 0 Å². The molecule has 0 unspecified atom stereocenters. The third kappa shape index (κ3) is 1.12. The predicted molar refractivity (Wildman–Crippen MR) is 50.1 cm³/mol. The molecule has 0 heterocycles. The minimum absolute atomic E-state index is 0.0387. The Hall–Kier alpha value is -1.38. The molecule has 1 aromatic rings. The molecule has 14 heavy (non-hydrogen) atoms. The molecule has 2 nitrogen and oxygen atoms in total. The molecule has 1 N–H and O–H groups in total. The van der Waals surface area contributed by atoms with E-state index in [-0.39, 0.29) is 11.0 Å². The van der Waals surface area contributed by atoms with E-state index in [4.69, 9.17) is 5.11 Å². The summed E-state index contributed by atoms with van der Waals surface area (Å²) in [6.45, 7) is 3.91. The lowest BCUT2D eigenvalue weighted by Crippen LogP contribution is -2.34. The SMILES string of the molecule is CC1(C)Cc2cc(C(=O)O)cc(F)c21. The van der Waals surface area contributed by atoms with E-state index in [1.54, 1.807) is 6.07 Å². The number of benzene rings is 1. The van der Waals surface area contributed by atoms with Gasteiger partial charge in [-0.25, -0.2) is 9.18 Å². The van der Waals surface area contributed by atoms with Crippen molar-refractivity contribution in [1.29, 1.82) is 0 Å². The number of aromatic carboxylic acids is 1. The fourth-order valence-electron chi connectivity index (χ4n) is 2.14. The molecule has 1 aliphatic carbocycles. The predicted octanol–water partition coefficient (Wildman–Crippen LogP) is 2.36. The number of rotatable bonds is 1. The van der Waals surface area contributed by atoms with Gasteiger partial charge in [-0.15, -0.1) is 0 Å². The summed E-state index contributed by atoms with van der Waals surface area (Å²) in [6, 6.07) is 2.66. The fraction of sp³-hybridized carbons (Fsp3) is 0.364. The molecule has 0 bridgehead atoms. The fourth-order valence-corrected chi connectivity index (χ4v) is 2.14. The highest BCUT2D eigenvalue weighted by molar-refractivity contribution is 5.88. The molecule has 1 aromatic carbocycles. The Kier molecular flexibility index (Phi) is 1.68. The highest BCUT2D eigenvalue weighted by Crippen LogP contribution is 2.42. The Morgan fingerprint density at radius 1 is 1.50 bits per heavy atom. The monoisotopic (exact) mass is 194 g/mol. The average molecular weight is 194 g/mol. The van der Waals surface area contributed by atoms with Gasteiger partial charge in [0.15, 0.2) is 0 Å². The Morgan fingerprint density at radius 2 is 2.14 bits per heavy atom. The second kappa shape index (κ2) is 2.56. The zero-order valence-electron chi connectivity index (χ0n) is 8.10. The lowest BCUT2D eigenvalue weighted by Gasteiger charge is -2.38. The van der Waals surface area contributed by atoms with E-state index in [9.17, 15) is 9.18 Å². The molecule has 2 rings (SSSR count). The van der Waals surface area contributed by atoms with Crippen LogP contribution in [0.15, 0.2) is 12.1 Å². The number of hydrogen-bond acceptors (Lipinski definition) is 1. The number of carbonyl (C=O) groups is 1. The standard InChI is InChI=1S/C11H11FO2/c1-11(2)5-7-3-6(10(13)14)4-8(12)9(7)11/h3-4H,5H2,1-2H3,(H,13,14). The van der Waals surface area contributed by atoms with Crippen molar-refractivity contribution in [3.05, 3.63) is 34.6 Å². The molecular formula is C11H11FO2. The van der Waals surface area contributed by atoms with E-state index in [2.05, 4.69) is 0 Å². The lowest BCUT2D eigenvalue weighted by molar-refractivity contribution is 0.0695. The van der Waals surface area contributed by atoms with Gasteiger partial charge in [-0.1, -0.05) is 13.8 Å². The first-order chi connectivity index (χ1) is 6.42. The average Bonchev–Trinajstić information content (AvgIpc) is 1.99. The van der Waals surface area contributed by atoms with Gasteiger partial charge >= 0.3 is 5.97 Å². The van der Waals surface area contributed by atoms with Gasteiger partial charge in [-0.05, 0) is 35.1 Å². The Bertz CT molecular complexity index is 404. The summed E-state index contributed by atoms with van der Waals surface area (Å²) >= 11 is 0. The third-order valence-corrected chi connectivity index (χ3v) is 2.73. The van der Waals surface area contributed by atoms with E-state index in [1.165, 1.54) is 0 Å². The highest BCUT2D eigenvalue weighted by Gasteiger charge is 2.37.